The average molecular weight is 325 g/mol. The monoisotopic (exact) mass is 325 g/mol. The molecule has 5 heteroatoms. The standard InChI is InChI=1S/C19H23N3O2/c1-3-22-10-15(17(23)14-7-4-11(2)20-18(14)22)19(24)21-16-9-12-5-6-13(16)8-12/h4,7,10,12-13,16H,3,5-6,8-9H2,1-2H3,(H,21,24)/t12-,13+,16+/m1/s1. The minimum atomic E-state index is -0.234. The first-order chi connectivity index (χ1) is 11.6. The van der Waals surface area contributed by atoms with Crippen molar-refractivity contribution in [2.24, 2.45) is 11.8 Å². The highest BCUT2D eigenvalue weighted by Gasteiger charge is 2.40. The van der Waals surface area contributed by atoms with Crippen LogP contribution in [0.15, 0.2) is 23.1 Å². The molecule has 4 rings (SSSR count). The van der Waals surface area contributed by atoms with Crippen LogP contribution in [0.1, 0.15) is 48.7 Å². The predicted octanol–water partition coefficient (Wildman–Crippen LogP) is 2.64. The van der Waals surface area contributed by atoms with Gasteiger partial charge in [0.15, 0.2) is 0 Å². The first-order valence-electron chi connectivity index (χ1n) is 8.88. The minimum Gasteiger partial charge on any atom is -0.349 e. The van der Waals surface area contributed by atoms with Gasteiger partial charge in [-0.2, -0.15) is 0 Å². The van der Waals surface area contributed by atoms with Gasteiger partial charge in [-0.25, -0.2) is 4.98 Å². The van der Waals surface area contributed by atoms with E-state index in [0.717, 1.165) is 18.0 Å². The van der Waals surface area contributed by atoms with Crippen LogP contribution in [0.25, 0.3) is 11.0 Å². The zero-order chi connectivity index (χ0) is 16.8. The second-order valence-corrected chi connectivity index (χ2v) is 7.24. The van der Waals surface area contributed by atoms with Crippen molar-refractivity contribution < 1.29 is 4.79 Å². The van der Waals surface area contributed by atoms with Gasteiger partial charge in [-0.1, -0.05) is 6.42 Å². The molecule has 2 aromatic rings. The molecule has 2 saturated carbocycles. The van der Waals surface area contributed by atoms with Gasteiger partial charge in [-0.15, -0.1) is 0 Å². The van der Waals surface area contributed by atoms with E-state index in [0.29, 0.717) is 23.5 Å². The molecule has 0 aromatic carbocycles. The fourth-order valence-electron chi connectivity index (χ4n) is 4.43. The summed E-state index contributed by atoms with van der Waals surface area (Å²) in [6, 6.07) is 3.83. The van der Waals surface area contributed by atoms with Crippen molar-refractivity contribution in [1.82, 2.24) is 14.9 Å². The van der Waals surface area contributed by atoms with Gasteiger partial charge < -0.3 is 9.88 Å². The summed E-state index contributed by atoms with van der Waals surface area (Å²) < 4.78 is 1.89. The Morgan fingerprint density at radius 1 is 1.33 bits per heavy atom. The van der Waals surface area contributed by atoms with Crippen LogP contribution >= 0.6 is 0 Å². The minimum absolute atomic E-state index is 0.220. The molecule has 2 bridgehead atoms. The number of aromatic nitrogens is 2. The van der Waals surface area contributed by atoms with E-state index in [1.807, 2.05) is 24.5 Å². The highest BCUT2D eigenvalue weighted by Crippen LogP contribution is 2.44. The average Bonchev–Trinajstić information content (AvgIpc) is 3.18. The summed E-state index contributed by atoms with van der Waals surface area (Å²) in [5.41, 5.74) is 1.53. The number of rotatable bonds is 3. The molecule has 3 atom stereocenters. The van der Waals surface area contributed by atoms with E-state index in [-0.39, 0.29) is 22.9 Å². The molecule has 126 valence electrons. The third-order valence-corrected chi connectivity index (χ3v) is 5.70. The maximum Gasteiger partial charge on any atom is 0.257 e. The fraction of sp³-hybridized carbons (Fsp3) is 0.526. The lowest BCUT2D eigenvalue weighted by atomic mass is 9.95. The Hall–Kier alpha value is -2.17. The van der Waals surface area contributed by atoms with Gasteiger partial charge in [0.1, 0.15) is 11.2 Å². The van der Waals surface area contributed by atoms with Crippen LogP contribution in [-0.4, -0.2) is 21.5 Å². The van der Waals surface area contributed by atoms with Gasteiger partial charge in [-0.05, 0) is 57.1 Å². The molecule has 2 fully saturated rings. The number of hydrogen-bond donors (Lipinski definition) is 1. The zero-order valence-electron chi connectivity index (χ0n) is 14.2. The Balaban J connectivity index is 1.71. The number of amides is 1. The summed E-state index contributed by atoms with van der Waals surface area (Å²) in [6.07, 6.45) is 6.45. The van der Waals surface area contributed by atoms with Crippen LogP contribution in [0.2, 0.25) is 0 Å². The van der Waals surface area contributed by atoms with E-state index in [9.17, 15) is 9.59 Å². The number of hydrogen-bond acceptors (Lipinski definition) is 3. The molecule has 0 saturated heterocycles. The van der Waals surface area contributed by atoms with E-state index in [1.54, 1.807) is 12.3 Å². The molecule has 2 heterocycles. The van der Waals surface area contributed by atoms with Gasteiger partial charge in [0, 0.05) is 24.5 Å². The largest absolute Gasteiger partial charge is 0.349 e. The number of nitrogens with one attached hydrogen (secondary N) is 1. The first-order valence-corrected chi connectivity index (χ1v) is 8.88. The van der Waals surface area contributed by atoms with Crippen LogP contribution in [0.4, 0.5) is 0 Å². The Labute approximate surface area is 141 Å². The highest BCUT2D eigenvalue weighted by molar-refractivity contribution is 5.97. The lowest BCUT2D eigenvalue weighted by Crippen LogP contribution is -2.40. The molecule has 24 heavy (non-hydrogen) atoms. The normalized spacial score (nSPS) is 25.3. The molecule has 0 spiro atoms. The lowest BCUT2D eigenvalue weighted by molar-refractivity contribution is 0.0921. The van der Waals surface area contributed by atoms with E-state index in [2.05, 4.69) is 10.3 Å². The van der Waals surface area contributed by atoms with Crippen LogP contribution < -0.4 is 10.7 Å². The molecule has 2 aromatic heterocycles. The van der Waals surface area contributed by atoms with Crippen molar-refractivity contribution in [3.05, 3.63) is 39.8 Å². The molecule has 1 amide bonds. The molecular formula is C19H23N3O2. The number of fused-ring (bicyclic) bond motifs is 3. The van der Waals surface area contributed by atoms with Crippen molar-refractivity contribution in [2.45, 2.75) is 52.1 Å². The topological polar surface area (TPSA) is 64.0 Å². The number of pyridine rings is 2. The molecule has 0 aliphatic heterocycles. The van der Waals surface area contributed by atoms with Crippen molar-refractivity contribution in [3.63, 3.8) is 0 Å². The molecule has 2 aliphatic rings. The lowest BCUT2D eigenvalue weighted by Gasteiger charge is -2.23. The van der Waals surface area contributed by atoms with E-state index < -0.39 is 0 Å². The molecule has 5 nitrogen and oxygen atoms in total. The Morgan fingerprint density at radius 3 is 2.83 bits per heavy atom. The maximum atomic E-state index is 12.8. The first kappa shape index (κ1) is 15.4. The molecule has 2 aliphatic carbocycles. The van der Waals surface area contributed by atoms with Crippen molar-refractivity contribution in [3.8, 4) is 0 Å². The molecule has 0 radical (unpaired) electrons. The quantitative estimate of drug-likeness (QED) is 0.943. The smallest absolute Gasteiger partial charge is 0.257 e. The number of nitrogens with zero attached hydrogens (tertiary/aromatic N) is 2. The molecule has 1 N–H and O–H groups in total. The van der Waals surface area contributed by atoms with E-state index >= 15 is 0 Å². The third kappa shape index (κ3) is 2.43. The van der Waals surface area contributed by atoms with Gasteiger partial charge in [0.05, 0.1) is 5.39 Å². The van der Waals surface area contributed by atoms with E-state index in [4.69, 9.17) is 0 Å². The van der Waals surface area contributed by atoms with Crippen LogP contribution in [0.3, 0.4) is 0 Å². The summed E-state index contributed by atoms with van der Waals surface area (Å²) in [7, 11) is 0. The fourth-order valence-corrected chi connectivity index (χ4v) is 4.43. The zero-order valence-corrected chi connectivity index (χ0v) is 14.2. The van der Waals surface area contributed by atoms with E-state index in [1.165, 1.54) is 19.3 Å². The van der Waals surface area contributed by atoms with Gasteiger partial charge in [-0.3, -0.25) is 9.59 Å². The second kappa shape index (κ2) is 5.72. The van der Waals surface area contributed by atoms with Gasteiger partial charge in [0.25, 0.3) is 5.91 Å². The summed E-state index contributed by atoms with van der Waals surface area (Å²) in [4.78, 5) is 30.0. The van der Waals surface area contributed by atoms with Crippen LogP contribution in [0.5, 0.6) is 0 Å². The van der Waals surface area contributed by atoms with Crippen LogP contribution in [0, 0.1) is 18.8 Å². The maximum absolute atomic E-state index is 12.8. The van der Waals surface area contributed by atoms with Crippen molar-refractivity contribution >= 4 is 16.9 Å². The Kier molecular flexibility index (Phi) is 3.66. The summed E-state index contributed by atoms with van der Waals surface area (Å²) in [6.45, 7) is 4.56. The number of carbonyl (C=O) groups excluding carboxylic acids is 1. The molecule has 0 unspecified atom stereocenters. The third-order valence-electron chi connectivity index (χ3n) is 5.70. The Morgan fingerprint density at radius 2 is 2.17 bits per heavy atom. The summed E-state index contributed by atoms with van der Waals surface area (Å²) in [5, 5.41) is 3.64. The Bertz CT molecular complexity index is 871. The predicted molar refractivity (Wildman–Crippen MR) is 93.1 cm³/mol. The summed E-state index contributed by atoms with van der Waals surface area (Å²) in [5.74, 6) is 1.12. The van der Waals surface area contributed by atoms with Crippen molar-refractivity contribution in [2.75, 3.05) is 0 Å². The number of carbonyl (C=O) groups is 1. The van der Waals surface area contributed by atoms with Gasteiger partial charge in [0.2, 0.25) is 5.43 Å². The van der Waals surface area contributed by atoms with Gasteiger partial charge >= 0.3 is 0 Å². The SMILES string of the molecule is CCn1cc(C(=O)N[C@H]2C[C@@H]3CC[C@H]2C3)c(=O)c2ccc(C)nc21. The molecular weight excluding hydrogens is 302 g/mol. The van der Waals surface area contributed by atoms with Crippen LogP contribution in [-0.2, 0) is 6.54 Å². The highest BCUT2D eigenvalue weighted by atomic mass is 16.2. The number of aryl methyl sites for hydroxylation is 2. The second-order valence-electron chi connectivity index (χ2n) is 7.24. The summed E-state index contributed by atoms with van der Waals surface area (Å²) >= 11 is 0. The van der Waals surface area contributed by atoms with Crippen molar-refractivity contribution in [1.29, 1.82) is 0 Å².